The summed E-state index contributed by atoms with van der Waals surface area (Å²) in [5.74, 6) is 2.41. The topological polar surface area (TPSA) is 53.7 Å². The van der Waals surface area contributed by atoms with Gasteiger partial charge in [0.15, 0.2) is 11.5 Å². The summed E-state index contributed by atoms with van der Waals surface area (Å²) in [4.78, 5) is 0. The van der Waals surface area contributed by atoms with Crippen molar-refractivity contribution >= 4 is 0 Å². The van der Waals surface area contributed by atoms with Crippen molar-refractivity contribution in [1.82, 2.24) is 0 Å². The van der Waals surface area contributed by atoms with Gasteiger partial charge in [0, 0.05) is 13.0 Å². The average Bonchev–Trinajstić information content (AvgIpc) is 2.78. The summed E-state index contributed by atoms with van der Waals surface area (Å²) >= 11 is 0. The van der Waals surface area contributed by atoms with Crippen LogP contribution in [0.15, 0.2) is 36.4 Å². The van der Waals surface area contributed by atoms with E-state index in [1.165, 1.54) is 0 Å². The highest BCUT2D eigenvalue weighted by Gasteiger charge is 2.13. The molecule has 4 nitrogen and oxygen atoms in total. The fourth-order valence-electron chi connectivity index (χ4n) is 2.48. The zero-order valence-electron chi connectivity index (χ0n) is 12.1. The molecule has 0 unspecified atom stereocenters. The third-order valence-corrected chi connectivity index (χ3v) is 3.59. The Bertz CT molecular complexity index is 640. The van der Waals surface area contributed by atoms with Gasteiger partial charge in [-0.1, -0.05) is 12.1 Å². The molecule has 0 saturated heterocycles. The Labute approximate surface area is 124 Å². The molecule has 0 aromatic heterocycles. The van der Waals surface area contributed by atoms with Crippen LogP contribution >= 0.6 is 0 Å². The zero-order valence-corrected chi connectivity index (χ0v) is 12.1. The molecule has 1 aliphatic heterocycles. The quantitative estimate of drug-likeness (QED) is 0.942. The summed E-state index contributed by atoms with van der Waals surface area (Å²) in [7, 11) is 1.66. The third kappa shape index (κ3) is 2.81. The van der Waals surface area contributed by atoms with Gasteiger partial charge in [0.25, 0.3) is 0 Å². The highest BCUT2D eigenvalue weighted by molar-refractivity contribution is 5.71. The van der Waals surface area contributed by atoms with E-state index in [1.54, 1.807) is 7.11 Å². The van der Waals surface area contributed by atoms with E-state index in [0.29, 0.717) is 19.8 Å². The molecule has 4 heteroatoms. The molecule has 0 spiro atoms. The van der Waals surface area contributed by atoms with Gasteiger partial charge in [-0.15, -0.1) is 0 Å². The van der Waals surface area contributed by atoms with Crippen LogP contribution in [-0.4, -0.2) is 20.3 Å². The number of methoxy groups -OCH3 is 1. The van der Waals surface area contributed by atoms with Gasteiger partial charge < -0.3 is 19.9 Å². The molecule has 0 saturated carbocycles. The van der Waals surface area contributed by atoms with Crippen molar-refractivity contribution in [2.75, 3.05) is 20.3 Å². The molecule has 1 aliphatic rings. The second-order valence-corrected chi connectivity index (χ2v) is 4.94. The zero-order chi connectivity index (χ0) is 14.7. The van der Waals surface area contributed by atoms with Crippen LogP contribution in [-0.2, 0) is 6.54 Å². The van der Waals surface area contributed by atoms with Crippen LogP contribution in [0.25, 0.3) is 11.1 Å². The molecular formula is C17H19NO3. The highest BCUT2D eigenvalue weighted by atomic mass is 16.5. The normalized spacial score (nSPS) is 13.6. The molecule has 110 valence electrons. The van der Waals surface area contributed by atoms with Gasteiger partial charge in [0.1, 0.15) is 5.75 Å². The lowest BCUT2D eigenvalue weighted by molar-refractivity contribution is 0.297. The average molecular weight is 285 g/mol. The van der Waals surface area contributed by atoms with E-state index in [4.69, 9.17) is 19.9 Å². The van der Waals surface area contributed by atoms with Crippen LogP contribution in [0.4, 0.5) is 0 Å². The van der Waals surface area contributed by atoms with Gasteiger partial charge in [0.05, 0.1) is 20.3 Å². The maximum absolute atomic E-state index is 5.86. The van der Waals surface area contributed by atoms with E-state index in [9.17, 15) is 0 Å². The molecular weight excluding hydrogens is 266 g/mol. The number of ether oxygens (including phenoxy) is 3. The first-order valence-corrected chi connectivity index (χ1v) is 7.09. The molecule has 1 heterocycles. The molecule has 2 N–H and O–H groups in total. The summed E-state index contributed by atoms with van der Waals surface area (Å²) in [6, 6.07) is 12.0. The molecule has 21 heavy (non-hydrogen) atoms. The van der Waals surface area contributed by atoms with Crippen LogP contribution < -0.4 is 19.9 Å². The van der Waals surface area contributed by atoms with Crippen molar-refractivity contribution in [2.24, 2.45) is 5.73 Å². The molecule has 0 atom stereocenters. The van der Waals surface area contributed by atoms with E-state index in [-0.39, 0.29) is 0 Å². The standard InChI is InChI=1S/C17H19NO3/c1-19-14-4-5-15(13(9-14)11-18)12-3-6-16-17(10-12)21-8-2-7-20-16/h3-6,9-10H,2,7-8,11,18H2,1H3. The van der Waals surface area contributed by atoms with E-state index >= 15 is 0 Å². The largest absolute Gasteiger partial charge is 0.497 e. The molecule has 2 aromatic rings. The summed E-state index contributed by atoms with van der Waals surface area (Å²) in [5.41, 5.74) is 9.07. The number of hydrogen-bond acceptors (Lipinski definition) is 4. The lowest BCUT2D eigenvalue weighted by atomic mass is 9.99. The van der Waals surface area contributed by atoms with Crippen LogP contribution in [0.1, 0.15) is 12.0 Å². The molecule has 0 aliphatic carbocycles. The van der Waals surface area contributed by atoms with E-state index in [0.717, 1.165) is 40.4 Å². The van der Waals surface area contributed by atoms with Crippen LogP contribution in [0.2, 0.25) is 0 Å². The first-order chi connectivity index (χ1) is 10.3. The second kappa shape index (κ2) is 6.06. The Balaban J connectivity index is 2.02. The fraction of sp³-hybridized carbons (Fsp3) is 0.294. The van der Waals surface area contributed by atoms with Gasteiger partial charge >= 0.3 is 0 Å². The van der Waals surface area contributed by atoms with Crippen molar-refractivity contribution in [2.45, 2.75) is 13.0 Å². The number of hydrogen-bond donors (Lipinski definition) is 1. The monoisotopic (exact) mass is 285 g/mol. The van der Waals surface area contributed by atoms with Crippen molar-refractivity contribution in [1.29, 1.82) is 0 Å². The fourth-order valence-corrected chi connectivity index (χ4v) is 2.48. The Hall–Kier alpha value is -2.20. The SMILES string of the molecule is COc1ccc(-c2ccc3c(c2)OCCCO3)c(CN)c1. The van der Waals surface area contributed by atoms with Gasteiger partial charge in [-0.3, -0.25) is 0 Å². The van der Waals surface area contributed by atoms with Crippen LogP contribution in [0.5, 0.6) is 17.2 Å². The molecule has 0 fully saturated rings. The first kappa shape index (κ1) is 13.8. The van der Waals surface area contributed by atoms with Gasteiger partial charge in [0.2, 0.25) is 0 Å². The Morgan fingerprint density at radius 2 is 1.86 bits per heavy atom. The van der Waals surface area contributed by atoms with Crippen LogP contribution in [0.3, 0.4) is 0 Å². The molecule has 3 rings (SSSR count). The number of benzene rings is 2. The van der Waals surface area contributed by atoms with E-state index < -0.39 is 0 Å². The highest BCUT2D eigenvalue weighted by Crippen LogP contribution is 2.36. The predicted molar refractivity (Wildman–Crippen MR) is 81.9 cm³/mol. The Morgan fingerprint density at radius 1 is 1.05 bits per heavy atom. The maximum atomic E-state index is 5.86. The summed E-state index contributed by atoms with van der Waals surface area (Å²) in [6.45, 7) is 1.84. The van der Waals surface area contributed by atoms with Gasteiger partial charge in [-0.25, -0.2) is 0 Å². The minimum atomic E-state index is 0.459. The molecule has 2 aromatic carbocycles. The van der Waals surface area contributed by atoms with Crippen molar-refractivity contribution < 1.29 is 14.2 Å². The Kier molecular flexibility index (Phi) is 3.97. The lowest BCUT2D eigenvalue weighted by Crippen LogP contribution is -2.00. The third-order valence-electron chi connectivity index (χ3n) is 3.59. The van der Waals surface area contributed by atoms with E-state index in [2.05, 4.69) is 0 Å². The minimum Gasteiger partial charge on any atom is -0.497 e. The van der Waals surface area contributed by atoms with Crippen molar-refractivity contribution in [3.05, 3.63) is 42.0 Å². The molecule has 0 radical (unpaired) electrons. The summed E-state index contributed by atoms with van der Waals surface area (Å²) < 4.78 is 16.7. The molecule has 0 amide bonds. The number of fused-ring (bicyclic) bond motifs is 1. The van der Waals surface area contributed by atoms with Gasteiger partial charge in [-0.05, 0) is 41.0 Å². The van der Waals surface area contributed by atoms with Crippen molar-refractivity contribution in [3.8, 4) is 28.4 Å². The van der Waals surface area contributed by atoms with Gasteiger partial charge in [-0.2, -0.15) is 0 Å². The second-order valence-electron chi connectivity index (χ2n) is 4.94. The summed E-state index contributed by atoms with van der Waals surface area (Å²) in [5, 5.41) is 0. The summed E-state index contributed by atoms with van der Waals surface area (Å²) in [6.07, 6.45) is 0.903. The predicted octanol–water partition coefficient (Wildman–Crippen LogP) is 2.98. The van der Waals surface area contributed by atoms with E-state index in [1.807, 2.05) is 36.4 Å². The van der Waals surface area contributed by atoms with Crippen LogP contribution in [0, 0.1) is 0 Å². The molecule has 0 bridgehead atoms. The van der Waals surface area contributed by atoms with Crippen molar-refractivity contribution in [3.63, 3.8) is 0 Å². The maximum Gasteiger partial charge on any atom is 0.161 e. The number of rotatable bonds is 3. The smallest absolute Gasteiger partial charge is 0.161 e. The first-order valence-electron chi connectivity index (χ1n) is 7.09. The lowest BCUT2D eigenvalue weighted by Gasteiger charge is -2.13. The Morgan fingerprint density at radius 3 is 2.62 bits per heavy atom. The minimum absolute atomic E-state index is 0.459. The number of nitrogens with two attached hydrogens (primary N) is 1.